The van der Waals surface area contributed by atoms with Gasteiger partial charge in [0.2, 0.25) is 0 Å². The lowest BCUT2D eigenvalue weighted by molar-refractivity contribution is -0.123. The van der Waals surface area contributed by atoms with E-state index in [1.807, 2.05) is 0 Å². The summed E-state index contributed by atoms with van der Waals surface area (Å²) < 4.78 is 11.0. The third-order valence-electron chi connectivity index (χ3n) is 4.68. The molecule has 0 atom stereocenters. The summed E-state index contributed by atoms with van der Waals surface area (Å²) in [6.07, 6.45) is 1.49. The maximum absolute atomic E-state index is 12.8. The number of rotatable bonds is 6. The van der Waals surface area contributed by atoms with Crippen molar-refractivity contribution in [2.75, 3.05) is 7.11 Å². The molecular weight excluding hydrogens is 464 g/mol. The molecule has 2 aromatic carbocycles. The lowest BCUT2D eigenvalue weighted by atomic mass is 10.1. The van der Waals surface area contributed by atoms with Gasteiger partial charge in [0.1, 0.15) is 17.3 Å². The number of aromatic carboxylic acids is 1. The molecule has 1 saturated heterocycles. The molecule has 2 N–H and O–H groups in total. The third-order valence-corrected chi connectivity index (χ3v) is 5.98. The molecule has 1 aromatic heterocycles. The van der Waals surface area contributed by atoms with Crippen LogP contribution in [0.4, 0.5) is 0 Å². The second kappa shape index (κ2) is 9.31. The number of carboxylic acid groups (broad SMARTS) is 1. The van der Waals surface area contributed by atoms with Crippen LogP contribution < -0.4 is 10.2 Å². The van der Waals surface area contributed by atoms with Crippen molar-refractivity contribution in [3.8, 4) is 17.1 Å². The van der Waals surface area contributed by atoms with Crippen LogP contribution in [0, 0.1) is 0 Å². The predicted octanol–water partition coefficient (Wildman–Crippen LogP) is 4.20. The highest BCUT2D eigenvalue weighted by Gasteiger charge is 2.34. The van der Waals surface area contributed by atoms with Crippen LogP contribution in [0.25, 0.3) is 17.4 Å². The first-order valence-electron chi connectivity index (χ1n) is 9.53. The van der Waals surface area contributed by atoms with Gasteiger partial charge in [0.05, 0.1) is 17.6 Å². The van der Waals surface area contributed by atoms with Gasteiger partial charge in [-0.2, -0.15) is 5.01 Å². The molecule has 0 aliphatic carbocycles. The summed E-state index contributed by atoms with van der Waals surface area (Å²) in [6.45, 7) is 0. The van der Waals surface area contributed by atoms with Gasteiger partial charge in [0, 0.05) is 17.2 Å². The molecule has 2 amide bonds. The fourth-order valence-electron chi connectivity index (χ4n) is 3.06. The molecule has 10 heteroatoms. The summed E-state index contributed by atoms with van der Waals surface area (Å²) >= 11 is 6.26. The van der Waals surface area contributed by atoms with E-state index in [0.717, 1.165) is 16.8 Å². The van der Waals surface area contributed by atoms with E-state index in [2.05, 4.69) is 5.43 Å². The highest BCUT2D eigenvalue weighted by molar-refractivity contribution is 8.26. The van der Waals surface area contributed by atoms with Crippen LogP contribution in [-0.4, -0.2) is 39.3 Å². The number of carbonyl (C=O) groups is 3. The molecule has 1 fully saturated rings. The number of hydrazine groups is 1. The van der Waals surface area contributed by atoms with Gasteiger partial charge in [-0.15, -0.1) is 0 Å². The molecule has 1 aliphatic rings. The quantitative estimate of drug-likeness (QED) is 0.399. The first-order chi connectivity index (χ1) is 15.9. The fraction of sp³-hybridized carbons (Fsp3) is 0.0435. The first kappa shape index (κ1) is 22.3. The third kappa shape index (κ3) is 4.66. The van der Waals surface area contributed by atoms with Gasteiger partial charge in [-0.3, -0.25) is 15.0 Å². The van der Waals surface area contributed by atoms with E-state index >= 15 is 0 Å². The Balaban J connectivity index is 1.51. The van der Waals surface area contributed by atoms with Crippen molar-refractivity contribution in [2.24, 2.45) is 0 Å². The lowest BCUT2D eigenvalue weighted by Gasteiger charge is -2.15. The Bertz CT molecular complexity index is 1300. The minimum Gasteiger partial charge on any atom is -0.497 e. The number of benzene rings is 2. The fourth-order valence-corrected chi connectivity index (χ4v) is 4.22. The number of nitrogens with zero attached hydrogens (tertiary/aromatic N) is 1. The van der Waals surface area contributed by atoms with Gasteiger partial charge in [0.15, 0.2) is 4.32 Å². The largest absolute Gasteiger partial charge is 0.497 e. The number of nitrogens with one attached hydrogen (secondary N) is 1. The van der Waals surface area contributed by atoms with E-state index < -0.39 is 17.8 Å². The Hall–Kier alpha value is -3.89. The van der Waals surface area contributed by atoms with Gasteiger partial charge in [-0.05, 0) is 54.7 Å². The van der Waals surface area contributed by atoms with Gasteiger partial charge < -0.3 is 14.3 Å². The number of thiocarbonyl (C=S) groups is 1. The Morgan fingerprint density at radius 1 is 1.12 bits per heavy atom. The summed E-state index contributed by atoms with van der Waals surface area (Å²) in [5.74, 6) is -0.785. The van der Waals surface area contributed by atoms with Crippen molar-refractivity contribution >= 4 is 52.2 Å². The zero-order valence-electron chi connectivity index (χ0n) is 17.1. The Morgan fingerprint density at radius 2 is 1.85 bits per heavy atom. The maximum Gasteiger partial charge on any atom is 0.336 e. The molecule has 166 valence electrons. The number of carbonyl (C=O) groups excluding carboxylic acids is 2. The Morgan fingerprint density at radius 3 is 2.55 bits per heavy atom. The maximum atomic E-state index is 12.8. The van der Waals surface area contributed by atoms with E-state index in [1.54, 1.807) is 54.6 Å². The zero-order chi connectivity index (χ0) is 23.5. The second-order valence-electron chi connectivity index (χ2n) is 6.74. The number of carboxylic acids is 1. The van der Waals surface area contributed by atoms with Crippen LogP contribution in [0.15, 0.2) is 70.0 Å². The van der Waals surface area contributed by atoms with E-state index in [9.17, 15) is 19.5 Å². The first-order valence-corrected chi connectivity index (χ1v) is 10.8. The summed E-state index contributed by atoms with van der Waals surface area (Å²) in [6, 6.07) is 16.1. The molecule has 3 aromatic rings. The van der Waals surface area contributed by atoms with E-state index in [0.29, 0.717) is 28.4 Å². The second-order valence-corrected chi connectivity index (χ2v) is 8.42. The molecule has 0 spiro atoms. The zero-order valence-corrected chi connectivity index (χ0v) is 18.7. The van der Waals surface area contributed by atoms with Crippen molar-refractivity contribution in [1.82, 2.24) is 10.4 Å². The number of amides is 2. The monoisotopic (exact) mass is 480 g/mol. The van der Waals surface area contributed by atoms with Gasteiger partial charge >= 0.3 is 5.97 Å². The van der Waals surface area contributed by atoms with Crippen LogP contribution in [0.3, 0.4) is 0 Å². The van der Waals surface area contributed by atoms with E-state index in [-0.39, 0.29) is 14.8 Å². The van der Waals surface area contributed by atoms with Crippen LogP contribution in [0.1, 0.15) is 26.5 Å². The molecule has 0 bridgehead atoms. The number of ether oxygens (including phenoxy) is 1. The highest BCUT2D eigenvalue weighted by Crippen LogP contribution is 2.33. The van der Waals surface area contributed by atoms with Crippen molar-refractivity contribution in [3.05, 3.63) is 82.5 Å². The predicted molar refractivity (Wildman–Crippen MR) is 127 cm³/mol. The standard InChI is InChI=1S/C23H16N2O6S2/c1-30-14-8-6-13(7-9-14)20(26)24-25-21(27)19(33-23(25)32)12-15-10-11-18(31-15)16-4-2-3-5-17(16)22(28)29/h2-12H,1H3,(H,24,26)(H,28,29)/b19-12-. The SMILES string of the molecule is COc1ccc(C(=O)NN2C(=O)/C(=C/c3ccc(-c4ccccc4C(=O)O)o3)SC2=S)cc1. The molecular formula is C23H16N2O6S2. The number of hydrogen-bond donors (Lipinski definition) is 2. The topological polar surface area (TPSA) is 109 Å². The van der Waals surface area contributed by atoms with E-state index in [4.69, 9.17) is 21.4 Å². The van der Waals surface area contributed by atoms with Crippen LogP contribution >= 0.6 is 24.0 Å². The number of hydrogen-bond acceptors (Lipinski definition) is 7. The summed E-state index contributed by atoms with van der Waals surface area (Å²) in [7, 11) is 1.52. The van der Waals surface area contributed by atoms with Crippen molar-refractivity contribution in [2.45, 2.75) is 0 Å². The molecule has 8 nitrogen and oxygen atoms in total. The van der Waals surface area contributed by atoms with E-state index in [1.165, 1.54) is 19.3 Å². The molecule has 0 saturated carbocycles. The lowest BCUT2D eigenvalue weighted by Crippen LogP contribution is -2.44. The number of furan rings is 1. The van der Waals surface area contributed by atoms with Crippen LogP contribution in [-0.2, 0) is 4.79 Å². The van der Waals surface area contributed by atoms with Gasteiger partial charge in [0.25, 0.3) is 11.8 Å². The number of thioether (sulfide) groups is 1. The highest BCUT2D eigenvalue weighted by atomic mass is 32.2. The molecule has 0 unspecified atom stereocenters. The Kier molecular flexibility index (Phi) is 6.29. The summed E-state index contributed by atoms with van der Waals surface area (Å²) in [4.78, 5) is 37.0. The summed E-state index contributed by atoms with van der Waals surface area (Å²) in [5.41, 5.74) is 3.36. The average molecular weight is 481 g/mol. The van der Waals surface area contributed by atoms with Gasteiger partial charge in [-0.1, -0.05) is 30.0 Å². The molecule has 33 heavy (non-hydrogen) atoms. The van der Waals surface area contributed by atoms with Crippen LogP contribution in [0.2, 0.25) is 0 Å². The normalized spacial score (nSPS) is 14.6. The average Bonchev–Trinajstić information content (AvgIpc) is 3.39. The van der Waals surface area contributed by atoms with Crippen molar-refractivity contribution in [3.63, 3.8) is 0 Å². The molecule has 1 aliphatic heterocycles. The van der Waals surface area contributed by atoms with Crippen molar-refractivity contribution < 1.29 is 28.6 Å². The van der Waals surface area contributed by atoms with Crippen molar-refractivity contribution in [1.29, 1.82) is 0 Å². The number of methoxy groups -OCH3 is 1. The summed E-state index contributed by atoms with van der Waals surface area (Å²) in [5, 5.41) is 10.4. The smallest absolute Gasteiger partial charge is 0.336 e. The molecule has 2 heterocycles. The minimum atomic E-state index is -1.07. The molecule has 0 radical (unpaired) electrons. The van der Waals surface area contributed by atoms with Gasteiger partial charge in [-0.25, -0.2) is 4.79 Å². The minimum absolute atomic E-state index is 0.103. The molecule has 4 rings (SSSR count). The Labute approximate surface area is 197 Å². The van der Waals surface area contributed by atoms with Crippen LogP contribution in [0.5, 0.6) is 5.75 Å².